The van der Waals surface area contributed by atoms with Crippen molar-refractivity contribution in [3.05, 3.63) is 53.1 Å². The van der Waals surface area contributed by atoms with Gasteiger partial charge in [-0.2, -0.15) is 0 Å². The fraction of sp³-hybridized carbons (Fsp3) is 0.409. The van der Waals surface area contributed by atoms with Crippen LogP contribution in [0, 0.1) is 13.8 Å². The molecular formula is C22H29NO4. The van der Waals surface area contributed by atoms with Gasteiger partial charge in [0.15, 0.2) is 6.10 Å². The van der Waals surface area contributed by atoms with Gasteiger partial charge in [0.05, 0.1) is 20.3 Å². The van der Waals surface area contributed by atoms with E-state index in [0.29, 0.717) is 17.9 Å². The van der Waals surface area contributed by atoms with Crippen LogP contribution < -0.4 is 19.5 Å². The van der Waals surface area contributed by atoms with Gasteiger partial charge in [-0.05, 0) is 62.6 Å². The van der Waals surface area contributed by atoms with Crippen molar-refractivity contribution in [3.63, 3.8) is 0 Å². The summed E-state index contributed by atoms with van der Waals surface area (Å²) in [5.41, 5.74) is 3.04. The molecule has 0 saturated heterocycles. The topological polar surface area (TPSA) is 56.8 Å². The molecule has 0 saturated carbocycles. The number of hydrogen-bond donors (Lipinski definition) is 1. The van der Waals surface area contributed by atoms with Crippen LogP contribution >= 0.6 is 0 Å². The van der Waals surface area contributed by atoms with Gasteiger partial charge in [0.1, 0.15) is 17.2 Å². The van der Waals surface area contributed by atoms with Crippen LogP contribution in [-0.4, -0.2) is 26.2 Å². The van der Waals surface area contributed by atoms with E-state index in [1.807, 2.05) is 64.1 Å². The molecule has 2 rings (SSSR count). The Bertz CT molecular complexity index is 788. The zero-order chi connectivity index (χ0) is 20.0. The van der Waals surface area contributed by atoms with Crippen LogP contribution in [0.15, 0.2) is 36.4 Å². The average Bonchev–Trinajstić information content (AvgIpc) is 2.68. The lowest BCUT2D eigenvalue weighted by atomic mass is 10.1. The molecule has 0 aromatic heterocycles. The largest absolute Gasteiger partial charge is 0.497 e. The number of carbonyl (C=O) groups excluding carboxylic acids is 1. The van der Waals surface area contributed by atoms with Crippen molar-refractivity contribution in [3.8, 4) is 17.2 Å². The van der Waals surface area contributed by atoms with E-state index in [-0.39, 0.29) is 11.9 Å². The van der Waals surface area contributed by atoms with Gasteiger partial charge < -0.3 is 19.5 Å². The first-order valence-corrected chi connectivity index (χ1v) is 9.16. The fourth-order valence-corrected chi connectivity index (χ4v) is 2.89. The van der Waals surface area contributed by atoms with E-state index < -0.39 is 6.10 Å². The van der Waals surface area contributed by atoms with Crippen molar-refractivity contribution in [2.75, 3.05) is 14.2 Å². The molecule has 2 aromatic carbocycles. The highest BCUT2D eigenvalue weighted by atomic mass is 16.5. The van der Waals surface area contributed by atoms with Gasteiger partial charge in [0.2, 0.25) is 0 Å². The number of carbonyl (C=O) groups is 1. The molecule has 0 unspecified atom stereocenters. The van der Waals surface area contributed by atoms with E-state index >= 15 is 0 Å². The van der Waals surface area contributed by atoms with Gasteiger partial charge in [-0.25, -0.2) is 0 Å². The summed E-state index contributed by atoms with van der Waals surface area (Å²) >= 11 is 0. The second kappa shape index (κ2) is 9.31. The highest BCUT2D eigenvalue weighted by molar-refractivity contribution is 5.81. The van der Waals surface area contributed by atoms with Crippen LogP contribution in [-0.2, 0) is 4.79 Å². The first kappa shape index (κ1) is 20.6. The van der Waals surface area contributed by atoms with Crippen molar-refractivity contribution < 1.29 is 19.0 Å². The van der Waals surface area contributed by atoms with Gasteiger partial charge >= 0.3 is 0 Å². The molecule has 2 aromatic rings. The number of aryl methyl sites for hydroxylation is 1. The number of amides is 1. The minimum Gasteiger partial charge on any atom is -0.497 e. The minimum atomic E-state index is -0.565. The molecule has 0 bridgehead atoms. The third-order valence-electron chi connectivity index (χ3n) is 4.75. The maximum Gasteiger partial charge on any atom is 0.261 e. The molecular weight excluding hydrogens is 342 g/mol. The second-order valence-corrected chi connectivity index (χ2v) is 6.55. The Hall–Kier alpha value is -2.69. The van der Waals surface area contributed by atoms with E-state index in [4.69, 9.17) is 14.2 Å². The van der Waals surface area contributed by atoms with Crippen LogP contribution in [0.4, 0.5) is 0 Å². The smallest absolute Gasteiger partial charge is 0.261 e. The van der Waals surface area contributed by atoms with Gasteiger partial charge in [-0.3, -0.25) is 4.79 Å². The molecule has 0 aliphatic rings. The molecule has 146 valence electrons. The first-order chi connectivity index (χ1) is 12.9. The maximum absolute atomic E-state index is 12.8. The van der Waals surface area contributed by atoms with Crippen molar-refractivity contribution >= 4 is 5.91 Å². The lowest BCUT2D eigenvalue weighted by Gasteiger charge is -2.23. The summed E-state index contributed by atoms with van der Waals surface area (Å²) in [5.74, 6) is 2.00. The molecule has 1 N–H and O–H groups in total. The molecule has 5 heteroatoms. The van der Waals surface area contributed by atoms with Crippen LogP contribution in [0.5, 0.6) is 17.2 Å². The predicted molar refractivity (Wildman–Crippen MR) is 107 cm³/mol. The zero-order valence-corrected chi connectivity index (χ0v) is 17.0. The summed E-state index contributed by atoms with van der Waals surface area (Å²) < 4.78 is 16.7. The summed E-state index contributed by atoms with van der Waals surface area (Å²) in [6.45, 7) is 7.88. The minimum absolute atomic E-state index is 0.157. The molecule has 2 atom stereocenters. The van der Waals surface area contributed by atoms with Crippen molar-refractivity contribution in [2.24, 2.45) is 0 Å². The van der Waals surface area contributed by atoms with Gasteiger partial charge in [-0.1, -0.05) is 19.1 Å². The van der Waals surface area contributed by atoms with E-state index in [2.05, 4.69) is 5.32 Å². The molecule has 0 heterocycles. The normalized spacial score (nSPS) is 12.8. The lowest BCUT2D eigenvalue weighted by molar-refractivity contribution is -0.128. The Morgan fingerprint density at radius 2 is 1.81 bits per heavy atom. The maximum atomic E-state index is 12.8. The number of ether oxygens (including phenoxy) is 3. The number of benzene rings is 2. The third kappa shape index (κ3) is 4.94. The van der Waals surface area contributed by atoms with Crippen molar-refractivity contribution in [2.45, 2.75) is 46.3 Å². The van der Waals surface area contributed by atoms with Crippen LogP contribution in [0.2, 0.25) is 0 Å². The molecule has 0 fully saturated rings. The third-order valence-corrected chi connectivity index (χ3v) is 4.75. The summed E-state index contributed by atoms with van der Waals surface area (Å²) in [6.07, 6.45) is 0.00539. The van der Waals surface area contributed by atoms with Crippen molar-refractivity contribution in [1.82, 2.24) is 5.32 Å². The lowest BCUT2D eigenvalue weighted by Crippen LogP contribution is -2.39. The molecule has 27 heavy (non-hydrogen) atoms. The van der Waals surface area contributed by atoms with E-state index in [1.54, 1.807) is 14.2 Å². The van der Waals surface area contributed by atoms with Gasteiger partial charge in [0, 0.05) is 5.56 Å². The van der Waals surface area contributed by atoms with Crippen LogP contribution in [0.25, 0.3) is 0 Å². The molecule has 0 spiro atoms. The Labute approximate surface area is 161 Å². The Kier molecular flexibility index (Phi) is 7.11. The summed E-state index contributed by atoms with van der Waals surface area (Å²) in [4.78, 5) is 12.8. The summed E-state index contributed by atoms with van der Waals surface area (Å²) in [6, 6.07) is 11.1. The molecule has 0 aliphatic carbocycles. The SMILES string of the molecule is CC[C@@H](Oc1cccc(C)c1C)C(=O)N[C@@H](C)c1cc(OC)ccc1OC. The summed E-state index contributed by atoms with van der Waals surface area (Å²) in [7, 11) is 3.22. The van der Waals surface area contributed by atoms with Gasteiger partial charge in [0.25, 0.3) is 5.91 Å². The van der Waals surface area contributed by atoms with Gasteiger partial charge in [-0.15, -0.1) is 0 Å². The quantitative estimate of drug-likeness (QED) is 0.749. The number of rotatable bonds is 8. The second-order valence-electron chi connectivity index (χ2n) is 6.55. The molecule has 5 nitrogen and oxygen atoms in total. The number of methoxy groups -OCH3 is 2. The first-order valence-electron chi connectivity index (χ1n) is 9.16. The number of nitrogens with one attached hydrogen (secondary N) is 1. The van der Waals surface area contributed by atoms with Crippen LogP contribution in [0.3, 0.4) is 0 Å². The molecule has 1 amide bonds. The molecule has 0 aliphatic heterocycles. The average molecular weight is 371 g/mol. The monoisotopic (exact) mass is 371 g/mol. The molecule has 0 radical (unpaired) electrons. The van der Waals surface area contributed by atoms with Crippen molar-refractivity contribution in [1.29, 1.82) is 0 Å². The summed E-state index contributed by atoms with van der Waals surface area (Å²) in [5, 5.41) is 3.03. The Balaban J connectivity index is 2.15. The Morgan fingerprint density at radius 1 is 1.07 bits per heavy atom. The van der Waals surface area contributed by atoms with Crippen LogP contribution in [0.1, 0.15) is 43.0 Å². The zero-order valence-electron chi connectivity index (χ0n) is 17.0. The van der Waals surface area contributed by atoms with E-state index in [1.165, 1.54) is 0 Å². The highest BCUT2D eigenvalue weighted by Gasteiger charge is 2.23. The number of hydrogen-bond acceptors (Lipinski definition) is 4. The standard InChI is InChI=1S/C22H29NO4/c1-7-19(27-20-10-8-9-14(2)15(20)3)22(24)23-16(4)18-13-17(25-5)11-12-21(18)26-6/h8-13,16,19H,7H2,1-6H3,(H,23,24)/t16-,19+/m0/s1. The van der Waals surface area contributed by atoms with E-state index in [9.17, 15) is 4.79 Å². The van der Waals surface area contributed by atoms with E-state index in [0.717, 1.165) is 22.4 Å². The Morgan fingerprint density at radius 3 is 2.44 bits per heavy atom. The highest BCUT2D eigenvalue weighted by Crippen LogP contribution is 2.29. The fourth-order valence-electron chi connectivity index (χ4n) is 2.89. The predicted octanol–water partition coefficient (Wildman–Crippen LogP) is 4.36.